The van der Waals surface area contributed by atoms with Crippen LogP contribution in [0.4, 0.5) is 11.4 Å². The highest BCUT2D eigenvalue weighted by atomic mass is 16.2. The topological polar surface area (TPSA) is 68.4 Å². The second-order valence-corrected chi connectivity index (χ2v) is 6.73. The normalized spacial score (nSPS) is 15.1. The number of H-pyrrole nitrogens is 1. The number of piperazine rings is 1. The van der Waals surface area contributed by atoms with E-state index in [-0.39, 0.29) is 11.7 Å². The van der Waals surface area contributed by atoms with Gasteiger partial charge in [-0.1, -0.05) is 6.92 Å². The molecule has 1 aromatic heterocycles. The van der Waals surface area contributed by atoms with Crippen LogP contribution in [0, 0.1) is 6.92 Å². The van der Waals surface area contributed by atoms with E-state index in [9.17, 15) is 9.59 Å². The lowest BCUT2D eigenvalue weighted by atomic mass is 10.1. The van der Waals surface area contributed by atoms with E-state index >= 15 is 0 Å². The maximum atomic E-state index is 12.4. The van der Waals surface area contributed by atoms with E-state index in [1.807, 2.05) is 13.0 Å². The minimum absolute atomic E-state index is 0.0657. The molecule has 2 heterocycles. The number of rotatable bonds is 5. The third-order valence-corrected chi connectivity index (χ3v) is 4.98. The molecule has 2 aromatic rings. The number of benzene rings is 1. The highest BCUT2D eigenvalue weighted by molar-refractivity contribution is 6.05. The molecule has 0 bridgehead atoms. The number of likely N-dealkylation sites (N-methyl/N-ethyl adjacent to an activating group) is 1. The molecule has 1 aliphatic rings. The predicted octanol–water partition coefficient (Wildman–Crippen LogP) is 2.92. The van der Waals surface area contributed by atoms with Crippen molar-refractivity contribution in [1.29, 1.82) is 0 Å². The van der Waals surface area contributed by atoms with E-state index in [1.165, 1.54) is 12.6 Å². The molecule has 0 aliphatic carbocycles. The molecule has 3 rings (SSSR count). The van der Waals surface area contributed by atoms with Crippen molar-refractivity contribution >= 4 is 23.1 Å². The van der Waals surface area contributed by atoms with Gasteiger partial charge >= 0.3 is 0 Å². The highest BCUT2D eigenvalue weighted by Crippen LogP contribution is 2.24. The Morgan fingerprint density at radius 1 is 1.15 bits per heavy atom. The van der Waals surface area contributed by atoms with Crippen molar-refractivity contribution in [3.63, 3.8) is 0 Å². The smallest absolute Gasteiger partial charge is 0.272 e. The number of carbonyl (C=O) groups is 2. The molecule has 0 unspecified atom stereocenters. The summed E-state index contributed by atoms with van der Waals surface area (Å²) in [4.78, 5) is 31.4. The lowest BCUT2D eigenvalue weighted by Gasteiger charge is -2.35. The van der Waals surface area contributed by atoms with E-state index in [4.69, 9.17) is 0 Å². The second kappa shape index (κ2) is 7.74. The van der Waals surface area contributed by atoms with Gasteiger partial charge in [0.1, 0.15) is 5.69 Å². The van der Waals surface area contributed by atoms with Crippen molar-refractivity contribution in [1.82, 2.24) is 9.88 Å². The van der Waals surface area contributed by atoms with Gasteiger partial charge in [0.15, 0.2) is 5.78 Å². The summed E-state index contributed by atoms with van der Waals surface area (Å²) in [5, 5.41) is 2.92. The zero-order chi connectivity index (χ0) is 18.7. The maximum Gasteiger partial charge on any atom is 0.272 e. The fourth-order valence-electron chi connectivity index (χ4n) is 3.23. The van der Waals surface area contributed by atoms with Gasteiger partial charge in [0.2, 0.25) is 0 Å². The molecule has 1 saturated heterocycles. The summed E-state index contributed by atoms with van der Waals surface area (Å²) in [7, 11) is 0. The van der Waals surface area contributed by atoms with Crippen LogP contribution in [-0.2, 0) is 0 Å². The Kier molecular flexibility index (Phi) is 5.42. The number of amides is 1. The molecule has 6 heteroatoms. The third-order valence-electron chi connectivity index (χ3n) is 4.98. The molecule has 1 aliphatic heterocycles. The number of aromatic amines is 1. The van der Waals surface area contributed by atoms with Crippen LogP contribution in [0.2, 0.25) is 0 Å². The van der Waals surface area contributed by atoms with E-state index in [2.05, 4.69) is 39.2 Å². The fourth-order valence-corrected chi connectivity index (χ4v) is 3.23. The van der Waals surface area contributed by atoms with Gasteiger partial charge in [-0.25, -0.2) is 0 Å². The van der Waals surface area contributed by atoms with E-state index in [0.717, 1.165) is 44.0 Å². The maximum absolute atomic E-state index is 12.4. The van der Waals surface area contributed by atoms with Crippen LogP contribution < -0.4 is 10.2 Å². The molecule has 0 atom stereocenters. The largest absolute Gasteiger partial charge is 0.369 e. The number of carbonyl (C=O) groups excluding carboxylic acids is 2. The first-order valence-electron chi connectivity index (χ1n) is 9.06. The zero-order valence-corrected chi connectivity index (χ0v) is 15.6. The lowest BCUT2D eigenvalue weighted by Crippen LogP contribution is -2.46. The number of nitrogens with zero attached hydrogens (tertiary/aromatic N) is 2. The van der Waals surface area contributed by atoms with Crippen molar-refractivity contribution in [2.45, 2.75) is 20.8 Å². The first kappa shape index (κ1) is 18.2. The average molecular weight is 354 g/mol. The number of hydrogen-bond acceptors (Lipinski definition) is 4. The Balaban J connectivity index is 1.67. The molecule has 138 valence electrons. The van der Waals surface area contributed by atoms with Crippen LogP contribution in [-0.4, -0.2) is 54.3 Å². The van der Waals surface area contributed by atoms with E-state index in [1.54, 1.807) is 12.3 Å². The van der Waals surface area contributed by atoms with Crippen molar-refractivity contribution < 1.29 is 9.59 Å². The minimum atomic E-state index is -0.245. The van der Waals surface area contributed by atoms with Gasteiger partial charge < -0.3 is 20.1 Å². The molecule has 1 fully saturated rings. The standard InChI is InChI=1S/C20H26N4O2/c1-4-23-7-9-24(10-8-23)17-5-6-18(14(2)11-17)22-20(26)19-12-16(13-21-19)15(3)25/h5-6,11-13,21H,4,7-10H2,1-3H3,(H,22,26). The van der Waals surface area contributed by atoms with Crippen molar-refractivity contribution in [3.05, 3.63) is 47.3 Å². The number of nitrogens with one attached hydrogen (secondary N) is 2. The second-order valence-electron chi connectivity index (χ2n) is 6.73. The summed E-state index contributed by atoms with van der Waals surface area (Å²) in [5.74, 6) is -0.311. The van der Waals surface area contributed by atoms with Gasteiger partial charge in [-0.15, -0.1) is 0 Å². The summed E-state index contributed by atoms with van der Waals surface area (Å²) in [6.07, 6.45) is 1.56. The van der Waals surface area contributed by atoms with Crippen LogP contribution in [0.25, 0.3) is 0 Å². The number of aryl methyl sites for hydroxylation is 1. The molecule has 26 heavy (non-hydrogen) atoms. The molecule has 2 N–H and O–H groups in total. The van der Waals surface area contributed by atoms with Gasteiger partial charge in [0.25, 0.3) is 5.91 Å². The van der Waals surface area contributed by atoms with Crippen LogP contribution in [0.3, 0.4) is 0 Å². The monoisotopic (exact) mass is 354 g/mol. The molecule has 0 saturated carbocycles. The molecule has 6 nitrogen and oxygen atoms in total. The first-order chi connectivity index (χ1) is 12.5. The molecule has 1 amide bonds. The Morgan fingerprint density at radius 3 is 2.46 bits per heavy atom. The van der Waals surface area contributed by atoms with E-state index < -0.39 is 0 Å². The Labute approximate surface area is 154 Å². The molecular weight excluding hydrogens is 328 g/mol. The zero-order valence-electron chi connectivity index (χ0n) is 15.6. The average Bonchev–Trinajstić information content (AvgIpc) is 3.14. The number of hydrogen-bond donors (Lipinski definition) is 2. The molecule has 1 aromatic carbocycles. The third kappa shape index (κ3) is 3.96. The summed E-state index contributed by atoms with van der Waals surface area (Å²) in [5.41, 5.74) is 3.88. The number of aromatic nitrogens is 1. The van der Waals surface area contributed by atoms with Crippen molar-refractivity contribution in [3.8, 4) is 0 Å². The SMILES string of the molecule is CCN1CCN(c2ccc(NC(=O)c3cc(C(C)=O)c[nH]3)c(C)c2)CC1. The molecule has 0 radical (unpaired) electrons. The Hall–Kier alpha value is -2.60. The van der Waals surface area contributed by atoms with Gasteiger partial charge in [0, 0.05) is 49.3 Å². The van der Waals surface area contributed by atoms with Gasteiger partial charge in [-0.05, 0) is 50.2 Å². The summed E-state index contributed by atoms with van der Waals surface area (Å²) < 4.78 is 0. The number of Topliss-reactive ketones (excluding diaryl/α,β-unsaturated/α-hetero) is 1. The highest BCUT2D eigenvalue weighted by Gasteiger charge is 2.17. The Bertz CT molecular complexity index is 804. The van der Waals surface area contributed by atoms with E-state index in [0.29, 0.717) is 11.3 Å². The Morgan fingerprint density at radius 2 is 1.88 bits per heavy atom. The van der Waals surface area contributed by atoms with Crippen molar-refractivity contribution in [2.75, 3.05) is 42.9 Å². The quantitative estimate of drug-likeness (QED) is 0.810. The summed E-state index contributed by atoms with van der Waals surface area (Å²) in [6.45, 7) is 11.0. The van der Waals surface area contributed by atoms with Crippen molar-refractivity contribution in [2.24, 2.45) is 0 Å². The van der Waals surface area contributed by atoms with Crippen LogP contribution in [0.5, 0.6) is 0 Å². The first-order valence-corrected chi connectivity index (χ1v) is 9.06. The minimum Gasteiger partial charge on any atom is -0.369 e. The fraction of sp³-hybridized carbons (Fsp3) is 0.400. The van der Waals surface area contributed by atoms with Gasteiger partial charge in [-0.3, -0.25) is 9.59 Å². The lowest BCUT2D eigenvalue weighted by molar-refractivity contribution is 0.101. The molecule has 0 spiro atoms. The summed E-state index contributed by atoms with van der Waals surface area (Å²) >= 11 is 0. The van der Waals surface area contributed by atoms with Crippen LogP contribution in [0.1, 0.15) is 40.3 Å². The molecular formula is C20H26N4O2. The predicted molar refractivity (Wildman–Crippen MR) is 104 cm³/mol. The van der Waals surface area contributed by atoms with Gasteiger partial charge in [-0.2, -0.15) is 0 Å². The summed E-state index contributed by atoms with van der Waals surface area (Å²) in [6, 6.07) is 7.70. The van der Waals surface area contributed by atoms with Gasteiger partial charge in [0.05, 0.1) is 0 Å². The van der Waals surface area contributed by atoms with Crippen LogP contribution >= 0.6 is 0 Å². The number of ketones is 1. The number of anilines is 2. The van der Waals surface area contributed by atoms with Crippen LogP contribution in [0.15, 0.2) is 30.5 Å².